The van der Waals surface area contributed by atoms with E-state index >= 15 is 0 Å². The van der Waals surface area contributed by atoms with E-state index in [-0.39, 0.29) is 30.4 Å². The molecule has 4 unspecified atom stereocenters. The van der Waals surface area contributed by atoms with Gasteiger partial charge >= 0.3 is 12.1 Å². The normalized spacial score (nSPS) is 22.7. The molecule has 2 saturated heterocycles. The Balaban J connectivity index is 1.24. The SMILES string of the molecule is COCCCC(NC(=O)OCC1c2ccccc2-c2ccccc21)C(=O)N1CC2CC1C2C(=O)O. The van der Waals surface area contributed by atoms with E-state index in [9.17, 15) is 19.5 Å². The lowest BCUT2D eigenvalue weighted by molar-refractivity contribution is -0.148. The summed E-state index contributed by atoms with van der Waals surface area (Å²) in [6.45, 7) is 1.04. The predicted octanol–water partition coefficient (Wildman–Crippen LogP) is 3.25. The number of alkyl carbamates (subject to hydrolysis) is 1. The number of hydrogen-bond acceptors (Lipinski definition) is 5. The summed E-state index contributed by atoms with van der Waals surface area (Å²) in [5, 5.41) is 12.2. The molecule has 3 fully saturated rings. The van der Waals surface area contributed by atoms with Crippen molar-refractivity contribution in [2.45, 2.75) is 37.3 Å². The highest BCUT2D eigenvalue weighted by atomic mass is 16.5. The summed E-state index contributed by atoms with van der Waals surface area (Å²) in [5.41, 5.74) is 4.52. The van der Waals surface area contributed by atoms with E-state index in [0.717, 1.165) is 22.3 Å². The van der Waals surface area contributed by atoms with Crippen LogP contribution < -0.4 is 5.32 Å². The van der Waals surface area contributed by atoms with Crippen LogP contribution in [0.3, 0.4) is 0 Å². The number of methoxy groups -OCH3 is 1. The van der Waals surface area contributed by atoms with Gasteiger partial charge in [-0.2, -0.15) is 0 Å². The molecular weight excluding hydrogens is 448 g/mol. The molecule has 8 heteroatoms. The zero-order chi connectivity index (χ0) is 24.5. The smallest absolute Gasteiger partial charge is 0.407 e. The van der Waals surface area contributed by atoms with Crippen molar-refractivity contribution in [3.63, 3.8) is 0 Å². The summed E-state index contributed by atoms with van der Waals surface area (Å²) < 4.78 is 10.8. The molecule has 0 radical (unpaired) electrons. The fourth-order valence-corrected chi connectivity index (χ4v) is 5.91. The Hall–Kier alpha value is -3.39. The maximum atomic E-state index is 13.3. The molecule has 4 aliphatic rings. The van der Waals surface area contributed by atoms with Crippen LogP contribution >= 0.6 is 0 Å². The Labute approximate surface area is 204 Å². The summed E-state index contributed by atoms with van der Waals surface area (Å²) in [7, 11) is 1.59. The Morgan fingerprint density at radius 1 is 1.09 bits per heavy atom. The molecule has 2 bridgehead atoms. The molecule has 0 spiro atoms. The number of amides is 2. The number of carboxylic acid groups (broad SMARTS) is 1. The molecule has 0 aromatic heterocycles. The molecule has 4 atom stereocenters. The summed E-state index contributed by atoms with van der Waals surface area (Å²) >= 11 is 0. The van der Waals surface area contributed by atoms with E-state index in [1.807, 2.05) is 24.3 Å². The third-order valence-corrected chi connectivity index (χ3v) is 7.64. The molecule has 2 N–H and O–H groups in total. The van der Waals surface area contributed by atoms with Gasteiger partial charge in [0.1, 0.15) is 12.6 Å². The van der Waals surface area contributed by atoms with Gasteiger partial charge in [-0.3, -0.25) is 9.59 Å². The maximum absolute atomic E-state index is 13.3. The minimum Gasteiger partial charge on any atom is -0.481 e. The van der Waals surface area contributed by atoms with E-state index in [1.54, 1.807) is 12.0 Å². The van der Waals surface area contributed by atoms with Crippen LogP contribution in [-0.4, -0.2) is 66.9 Å². The molecule has 35 heavy (non-hydrogen) atoms. The van der Waals surface area contributed by atoms with Gasteiger partial charge in [0.25, 0.3) is 0 Å². The first-order valence-electron chi connectivity index (χ1n) is 12.1. The van der Waals surface area contributed by atoms with Crippen LogP contribution in [0, 0.1) is 11.8 Å². The molecule has 2 aromatic rings. The number of nitrogens with zero attached hydrogens (tertiary/aromatic N) is 1. The Bertz CT molecular complexity index is 1090. The van der Waals surface area contributed by atoms with E-state index in [1.165, 1.54) is 0 Å². The first-order chi connectivity index (χ1) is 17.0. The molecule has 184 valence electrons. The van der Waals surface area contributed by atoms with Gasteiger partial charge in [0, 0.05) is 32.2 Å². The second-order valence-corrected chi connectivity index (χ2v) is 9.58. The molecule has 2 aliphatic heterocycles. The van der Waals surface area contributed by atoms with Crippen molar-refractivity contribution < 1.29 is 29.0 Å². The largest absolute Gasteiger partial charge is 0.481 e. The number of fused-ring (bicyclic) bond motifs is 4. The number of ether oxygens (including phenoxy) is 2. The zero-order valence-corrected chi connectivity index (χ0v) is 19.7. The molecule has 2 aliphatic carbocycles. The first-order valence-corrected chi connectivity index (χ1v) is 12.1. The number of carbonyl (C=O) groups excluding carboxylic acids is 2. The van der Waals surface area contributed by atoms with Crippen molar-refractivity contribution >= 4 is 18.0 Å². The third-order valence-electron chi connectivity index (χ3n) is 7.64. The highest BCUT2D eigenvalue weighted by Gasteiger charge is 2.57. The van der Waals surface area contributed by atoms with Crippen molar-refractivity contribution in [2.75, 3.05) is 26.9 Å². The summed E-state index contributed by atoms with van der Waals surface area (Å²) in [6, 6.07) is 15.1. The molecule has 1 saturated carbocycles. The van der Waals surface area contributed by atoms with E-state index in [0.29, 0.717) is 32.4 Å². The van der Waals surface area contributed by atoms with Crippen LogP contribution in [0.1, 0.15) is 36.3 Å². The monoisotopic (exact) mass is 478 g/mol. The second-order valence-electron chi connectivity index (χ2n) is 9.58. The number of rotatable bonds is 9. The lowest BCUT2D eigenvalue weighted by Gasteiger charge is -2.34. The Morgan fingerprint density at radius 3 is 2.34 bits per heavy atom. The van der Waals surface area contributed by atoms with E-state index in [4.69, 9.17) is 9.47 Å². The van der Waals surface area contributed by atoms with Crippen LogP contribution in [0.2, 0.25) is 0 Å². The Kier molecular flexibility index (Phi) is 6.47. The minimum atomic E-state index is -0.859. The molecule has 8 nitrogen and oxygen atoms in total. The van der Waals surface area contributed by atoms with Crippen molar-refractivity contribution in [2.24, 2.45) is 11.8 Å². The van der Waals surface area contributed by atoms with Crippen molar-refractivity contribution in [3.05, 3.63) is 59.7 Å². The molecule has 6 rings (SSSR count). The number of aliphatic carboxylic acids is 1. The van der Waals surface area contributed by atoms with Gasteiger partial charge in [0.2, 0.25) is 5.91 Å². The quantitative estimate of drug-likeness (QED) is 0.536. The van der Waals surface area contributed by atoms with Gasteiger partial charge in [-0.1, -0.05) is 48.5 Å². The highest BCUT2D eigenvalue weighted by molar-refractivity contribution is 5.88. The van der Waals surface area contributed by atoms with E-state index in [2.05, 4.69) is 29.6 Å². The van der Waals surface area contributed by atoms with Gasteiger partial charge in [-0.25, -0.2) is 4.79 Å². The summed E-state index contributed by atoms with van der Waals surface area (Å²) in [6.07, 6.45) is 1.03. The van der Waals surface area contributed by atoms with Gasteiger partial charge in [0.05, 0.1) is 5.92 Å². The van der Waals surface area contributed by atoms with Gasteiger partial charge in [-0.15, -0.1) is 0 Å². The lowest BCUT2D eigenvalue weighted by Crippen LogP contribution is -2.52. The number of benzene rings is 2. The van der Waals surface area contributed by atoms with Crippen molar-refractivity contribution in [3.8, 4) is 11.1 Å². The van der Waals surface area contributed by atoms with Gasteiger partial charge < -0.3 is 24.8 Å². The molecular formula is C27H30N2O6. The summed E-state index contributed by atoms with van der Waals surface area (Å²) in [4.78, 5) is 39.3. The lowest BCUT2D eigenvalue weighted by atomic mass is 9.74. The Morgan fingerprint density at radius 2 is 1.74 bits per heavy atom. The minimum absolute atomic E-state index is 0.00414. The zero-order valence-electron chi connectivity index (χ0n) is 19.7. The van der Waals surface area contributed by atoms with Crippen LogP contribution in [0.15, 0.2) is 48.5 Å². The number of carboxylic acids is 1. The predicted molar refractivity (Wildman–Crippen MR) is 128 cm³/mol. The highest BCUT2D eigenvalue weighted by Crippen LogP contribution is 2.47. The number of nitrogens with one attached hydrogen (secondary N) is 1. The van der Waals surface area contributed by atoms with E-state index < -0.39 is 24.0 Å². The number of hydrogen-bond donors (Lipinski definition) is 2. The molecule has 2 heterocycles. The van der Waals surface area contributed by atoms with Crippen molar-refractivity contribution in [1.82, 2.24) is 10.2 Å². The van der Waals surface area contributed by atoms with Crippen molar-refractivity contribution in [1.29, 1.82) is 0 Å². The summed E-state index contributed by atoms with van der Waals surface area (Å²) in [5.74, 6) is -1.69. The standard InChI is InChI=1S/C27H30N2O6/c1-34-12-6-11-22(25(30)29-14-16-13-23(29)24(16)26(31)32)28-27(33)35-15-21-19-9-4-2-7-17(19)18-8-3-5-10-20(18)21/h2-5,7-10,16,21-24H,6,11-15H2,1H3,(H,28,33)(H,31,32). The average Bonchev–Trinajstić information content (AvgIpc) is 3.52. The van der Waals surface area contributed by atoms with Crippen LogP contribution in [-0.2, 0) is 19.1 Å². The molecule has 2 amide bonds. The fraction of sp³-hybridized carbons (Fsp3) is 0.444. The number of carbonyl (C=O) groups is 3. The third kappa shape index (κ3) is 4.27. The maximum Gasteiger partial charge on any atom is 0.407 e. The topological polar surface area (TPSA) is 105 Å². The van der Waals surface area contributed by atoms with Gasteiger partial charge in [0.15, 0.2) is 0 Å². The first kappa shape index (κ1) is 23.4. The molecule has 2 aromatic carbocycles. The second kappa shape index (κ2) is 9.70. The van der Waals surface area contributed by atoms with Crippen LogP contribution in [0.5, 0.6) is 0 Å². The van der Waals surface area contributed by atoms with Crippen LogP contribution in [0.25, 0.3) is 11.1 Å². The average molecular weight is 479 g/mol. The fourth-order valence-electron chi connectivity index (χ4n) is 5.91. The van der Waals surface area contributed by atoms with Crippen LogP contribution in [0.4, 0.5) is 4.79 Å². The van der Waals surface area contributed by atoms with Gasteiger partial charge in [-0.05, 0) is 47.4 Å².